The first-order valence-corrected chi connectivity index (χ1v) is 5.87. The molecule has 1 amide bonds. The summed E-state index contributed by atoms with van der Waals surface area (Å²) in [4.78, 5) is 13.9. The second kappa shape index (κ2) is 4.84. The smallest absolute Gasteiger partial charge is 0.253 e. The van der Waals surface area contributed by atoms with E-state index >= 15 is 0 Å². The lowest BCUT2D eigenvalue weighted by Gasteiger charge is -2.16. The number of carbonyl (C=O) groups excluding carboxylic acids is 1. The first-order valence-electron chi connectivity index (χ1n) is 5.87. The van der Waals surface area contributed by atoms with Crippen LogP contribution in [0.1, 0.15) is 22.3 Å². The van der Waals surface area contributed by atoms with Gasteiger partial charge in [-0.1, -0.05) is 0 Å². The van der Waals surface area contributed by atoms with Gasteiger partial charge < -0.3 is 10.6 Å². The van der Waals surface area contributed by atoms with Crippen LogP contribution in [0.15, 0.2) is 18.2 Å². The molecule has 17 heavy (non-hydrogen) atoms. The zero-order valence-electron chi connectivity index (χ0n) is 9.95. The average molecular weight is 236 g/mol. The molecular formula is C13H17FN2O. The highest BCUT2D eigenvalue weighted by atomic mass is 19.1. The van der Waals surface area contributed by atoms with Crippen LogP contribution in [0.25, 0.3) is 0 Å². The van der Waals surface area contributed by atoms with Crippen molar-refractivity contribution >= 4 is 5.91 Å². The molecule has 1 aliphatic rings. The van der Waals surface area contributed by atoms with Crippen molar-refractivity contribution in [3.63, 3.8) is 0 Å². The Morgan fingerprint density at radius 3 is 2.94 bits per heavy atom. The number of halogens is 1. The summed E-state index contributed by atoms with van der Waals surface area (Å²) in [5, 5.41) is 0. The Bertz CT molecular complexity index is 433. The average Bonchev–Trinajstić information content (AvgIpc) is 2.80. The summed E-state index contributed by atoms with van der Waals surface area (Å²) in [6.45, 7) is 3.74. The van der Waals surface area contributed by atoms with Gasteiger partial charge in [0.25, 0.3) is 5.91 Å². The number of hydrogen-bond acceptors (Lipinski definition) is 2. The Morgan fingerprint density at radius 1 is 1.59 bits per heavy atom. The third-order valence-electron chi connectivity index (χ3n) is 3.31. The van der Waals surface area contributed by atoms with E-state index in [2.05, 4.69) is 0 Å². The number of aryl methyl sites for hydroxylation is 1. The van der Waals surface area contributed by atoms with E-state index in [0.717, 1.165) is 13.0 Å². The molecule has 0 aliphatic carbocycles. The quantitative estimate of drug-likeness (QED) is 0.847. The van der Waals surface area contributed by atoms with E-state index in [1.807, 2.05) is 0 Å². The molecule has 4 heteroatoms. The second-order valence-corrected chi connectivity index (χ2v) is 4.61. The molecule has 0 unspecified atom stereocenters. The molecule has 1 saturated heterocycles. The lowest BCUT2D eigenvalue weighted by molar-refractivity contribution is 0.0787. The molecule has 92 valence electrons. The largest absolute Gasteiger partial charge is 0.338 e. The van der Waals surface area contributed by atoms with Crippen molar-refractivity contribution in [1.29, 1.82) is 0 Å². The Balaban J connectivity index is 2.12. The maximum Gasteiger partial charge on any atom is 0.253 e. The van der Waals surface area contributed by atoms with Crippen LogP contribution >= 0.6 is 0 Å². The van der Waals surface area contributed by atoms with E-state index in [-0.39, 0.29) is 11.7 Å². The van der Waals surface area contributed by atoms with Gasteiger partial charge >= 0.3 is 0 Å². The lowest BCUT2D eigenvalue weighted by atomic mass is 10.1. The first-order chi connectivity index (χ1) is 8.11. The molecule has 0 aromatic heterocycles. The SMILES string of the molecule is Cc1cc(C(=O)N2CC[C@@H](CN)C2)ccc1F. The summed E-state index contributed by atoms with van der Waals surface area (Å²) in [7, 11) is 0. The highest BCUT2D eigenvalue weighted by Gasteiger charge is 2.26. The molecule has 1 atom stereocenters. The van der Waals surface area contributed by atoms with Gasteiger partial charge in [-0.15, -0.1) is 0 Å². The summed E-state index contributed by atoms with van der Waals surface area (Å²) in [5.74, 6) is 0.104. The summed E-state index contributed by atoms with van der Waals surface area (Å²) >= 11 is 0. The van der Waals surface area contributed by atoms with Crippen molar-refractivity contribution in [2.75, 3.05) is 19.6 Å². The van der Waals surface area contributed by atoms with Crippen molar-refractivity contribution in [2.24, 2.45) is 11.7 Å². The van der Waals surface area contributed by atoms with E-state index in [1.165, 1.54) is 6.07 Å². The Kier molecular flexibility index (Phi) is 3.43. The molecule has 0 spiro atoms. The summed E-state index contributed by atoms with van der Waals surface area (Å²) in [6.07, 6.45) is 0.961. The van der Waals surface area contributed by atoms with Gasteiger partial charge in [0.2, 0.25) is 0 Å². The zero-order chi connectivity index (χ0) is 12.4. The predicted molar refractivity (Wildman–Crippen MR) is 64.2 cm³/mol. The lowest BCUT2D eigenvalue weighted by Crippen LogP contribution is -2.29. The van der Waals surface area contributed by atoms with Crippen molar-refractivity contribution in [3.8, 4) is 0 Å². The molecule has 0 saturated carbocycles. The summed E-state index contributed by atoms with van der Waals surface area (Å²) in [6, 6.07) is 4.49. The number of benzene rings is 1. The maximum absolute atomic E-state index is 13.1. The van der Waals surface area contributed by atoms with Gasteiger partial charge in [0.1, 0.15) is 5.82 Å². The molecule has 3 nitrogen and oxygen atoms in total. The van der Waals surface area contributed by atoms with Crippen LogP contribution in [0.5, 0.6) is 0 Å². The number of hydrogen-bond donors (Lipinski definition) is 1. The third-order valence-corrected chi connectivity index (χ3v) is 3.31. The Morgan fingerprint density at radius 2 is 2.35 bits per heavy atom. The van der Waals surface area contributed by atoms with Crippen molar-refractivity contribution < 1.29 is 9.18 Å². The highest BCUT2D eigenvalue weighted by molar-refractivity contribution is 5.94. The van der Waals surface area contributed by atoms with Crippen LogP contribution in [-0.2, 0) is 0 Å². The molecule has 0 radical (unpaired) electrons. The van der Waals surface area contributed by atoms with Crippen LogP contribution in [0.3, 0.4) is 0 Å². The Hall–Kier alpha value is -1.42. The number of nitrogens with zero attached hydrogens (tertiary/aromatic N) is 1. The van der Waals surface area contributed by atoms with Crippen molar-refractivity contribution in [3.05, 3.63) is 35.1 Å². The predicted octanol–water partition coefficient (Wildman–Crippen LogP) is 1.55. The second-order valence-electron chi connectivity index (χ2n) is 4.61. The molecule has 0 bridgehead atoms. The van der Waals surface area contributed by atoms with E-state index in [0.29, 0.717) is 30.1 Å². The van der Waals surface area contributed by atoms with E-state index in [1.54, 1.807) is 24.0 Å². The fourth-order valence-electron chi connectivity index (χ4n) is 2.17. The van der Waals surface area contributed by atoms with Crippen LogP contribution in [-0.4, -0.2) is 30.4 Å². The highest BCUT2D eigenvalue weighted by Crippen LogP contribution is 2.18. The minimum atomic E-state index is -0.275. The Labute approximate surface area is 100 Å². The third kappa shape index (κ3) is 2.47. The molecular weight excluding hydrogens is 219 g/mol. The van der Waals surface area contributed by atoms with E-state index in [9.17, 15) is 9.18 Å². The molecule has 1 aromatic rings. The van der Waals surface area contributed by atoms with Crippen molar-refractivity contribution in [1.82, 2.24) is 4.90 Å². The van der Waals surface area contributed by atoms with Gasteiger partial charge in [0.05, 0.1) is 0 Å². The normalized spacial score (nSPS) is 19.7. The van der Waals surface area contributed by atoms with Gasteiger partial charge in [0, 0.05) is 18.7 Å². The zero-order valence-corrected chi connectivity index (χ0v) is 9.95. The number of nitrogens with two attached hydrogens (primary N) is 1. The molecule has 2 rings (SSSR count). The molecule has 1 fully saturated rings. The van der Waals surface area contributed by atoms with Gasteiger partial charge in [-0.3, -0.25) is 4.79 Å². The monoisotopic (exact) mass is 236 g/mol. The fourth-order valence-corrected chi connectivity index (χ4v) is 2.17. The minimum Gasteiger partial charge on any atom is -0.338 e. The fraction of sp³-hybridized carbons (Fsp3) is 0.462. The minimum absolute atomic E-state index is 0.0240. The number of carbonyl (C=O) groups is 1. The molecule has 1 aliphatic heterocycles. The van der Waals surface area contributed by atoms with Crippen LogP contribution < -0.4 is 5.73 Å². The van der Waals surface area contributed by atoms with Gasteiger partial charge in [-0.2, -0.15) is 0 Å². The van der Waals surface area contributed by atoms with Crippen LogP contribution in [0.2, 0.25) is 0 Å². The number of likely N-dealkylation sites (tertiary alicyclic amines) is 1. The summed E-state index contributed by atoms with van der Waals surface area (Å²) < 4.78 is 13.1. The molecule has 1 heterocycles. The van der Waals surface area contributed by atoms with Gasteiger partial charge in [0.15, 0.2) is 0 Å². The van der Waals surface area contributed by atoms with Gasteiger partial charge in [-0.25, -0.2) is 4.39 Å². The van der Waals surface area contributed by atoms with E-state index in [4.69, 9.17) is 5.73 Å². The van der Waals surface area contributed by atoms with E-state index < -0.39 is 0 Å². The van der Waals surface area contributed by atoms with Crippen LogP contribution in [0.4, 0.5) is 4.39 Å². The maximum atomic E-state index is 13.1. The van der Waals surface area contributed by atoms with Crippen LogP contribution in [0, 0.1) is 18.7 Å². The van der Waals surface area contributed by atoms with Crippen molar-refractivity contribution in [2.45, 2.75) is 13.3 Å². The number of rotatable bonds is 2. The first kappa shape index (κ1) is 12.0. The topological polar surface area (TPSA) is 46.3 Å². The molecule has 2 N–H and O–H groups in total. The van der Waals surface area contributed by atoms with Gasteiger partial charge in [-0.05, 0) is 49.6 Å². The number of amides is 1. The molecule has 1 aromatic carbocycles. The summed E-state index contributed by atoms with van der Waals surface area (Å²) in [5.41, 5.74) is 6.65. The standard InChI is InChI=1S/C13H17FN2O/c1-9-6-11(2-3-12(9)14)13(17)16-5-4-10(7-15)8-16/h2-3,6,10H,4-5,7-8,15H2,1H3/t10-/m0/s1.